The average molecular weight is 313 g/mol. The maximum Gasteiger partial charge on any atom is 0.261 e. The Kier molecular flexibility index (Phi) is 3.69. The third kappa shape index (κ3) is 2.49. The summed E-state index contributed by atoms with van der Waals surface area (Å²) >= 11 is 6.03. The topological polar surface area (TPSA) is 62.0 Å². The zero-order valence-electron chi connectivity index (χ0n) is 11.8. The molecule has 2 N–H and O–H groups in total. The molecule has 0 aliphatic carbocycles. The smallest absolute Gasteiger partial charge is 0.261 e. The van der Waals surface area contributed by atoms with Gasteiger partial charge in [0, 0.05) is 10.9 Å². The van der Waals surface area contributed by atoms with Gasteiger partial charge >= 0.3 is 0 Å². The van der Waals surface area contributed by atoms with Crippen LogP contribution in [0.4, 0.5) is 5.69 Å². The molecule has 0 aliphatic heterocycles. The van der Waals surface area contributed by atoms with Gasteiger partial charge in [0.2, 0.25) is 0 Å². The summed E-state index contributed by atoms with van der Waals surface area (Å²) in [6.45, 7) is 1.76. The van der Waals surface area contributed by atoms with Crippen molar-refractivity contribution in [3.05, 3.63) is 75.0 Å². The van der Waals surface area contributed by atoms with Crippen LogP contribution in [0.25, 0.3) is 10.9 Å². The normalized spacial score (nSPS) is 10.6. The van der Waals surface area contributed by atoms with E-state index < -0.39 is 11.5 Å². The van der Waals surface area contributed by atoms with Gasteiger partial charge in [0.15, 0.2) is 0 Å². The number of benzene rings is 2. The highest BCUT2D eigenvalue weighted by molar-refractivity contribution is 6.33. The monoisotopic (exact) mass is 312 g/mol. The number of fused-ring (bicyclic) bond motifs is 1. The van der Waals surface area contributed by atoms with Crippen LogP contribution in [0, 0.1) is 6.92 Å². The van der Waals surface area contributed by atoms with E-state index in [4.69, 9.17) is 11.6 Å². The van der Waals surface area contributed by atoms with Crippen LogP contribution in [-0.4, -0.2) is 10.9 Å². The molecule has 0 atom stereocenters. The number of aryl methyl sites for hydroxylation is 1. The molecule has 0 aliphatic rings. The summed E-state index contributed by atoms with van der Waals surface area (Å²) in [5, 5.41) is 3.94. The molecule has 3 rings (SSSR count). The predicted octanol–water partition coefficient (Wildman–Crippen LogP) is 3.74. The Labute approximate surface area is 131 Å². The molecule has 1 heterocycles. The molecule has 0 saturated carbocycles. The zero-order chi connectivity index (χ0) is 15.7. The Hall–Kier alpha value is -2.59. The molecule has 1 aromatic heterocycles. The fourth-order valence-electron chi connectivity index (χ4n) is 2.43. The minimum atomic E-state index is -0.474. The number of hydrogen-bond acceptors (Lipinski definition) is 2. The third-order valence-electron chi connectivity index (χ3n) is 3.53. The Morgan fingerprint density at radius 3 is 2.55 bits per heavy atom. The van der Waals surface area contributed by atoms with Crippen molar-refractivity contribution < 1.29 is 4.79 Å². The number of pyridine rings is 1. The molecule has 3 aromatic rings. The van der Waals surface area contributed by atoms with Crippen molar-refractivity contribution >= 4 is 34.1 Å². The molecule has 1 amide bonds. The number of aromatic nitrogens is 1. The molecule has 2 aromatic carbocycles. The molecule has 0 saturated heterocycles. The Morgan fingerprint density at radius 1 is 1.09 bits per heavy atom. The lowest BCUT2D eigenvalue weighted by atomic mass is 10.0. The van der Waals surface area contributed by atoms with Crippen LogP contribution in [0.15, 0.2) is 53.3 Å². The van der Waals surface area contributed by atoms with Crippen LogP contribution in [-0.2, 0) is 0 Å². The van der Waals surface area contributed by atoms with Gasteiger partial charge in [0.1, 0.15) is 5.56 Å². The molecule has 22 heavy (non-hydrogen) atoms. The lowest BCUT2D eigenvalue weighted by Crippen LogP contribution is -2.25. The highest BCUT2D eigenvalue weighted by Crippen LogP contribution is 2.22. The largest absolute Gasteiger partial charge is 0.321 e. The maximum absolute atomic E-state index is 12.5. The standard InChI is InChI=1S/C17H13ClN2O2/c1-10-11-6-2-4-8-13(11)19-16(21)15(10)17(22)20-14-9-5-3-7-12(14)18/h2-9H,1H3,(H,19,21)(H,20,22). The second-order valence-electron chi connectivity index (χ2n) is 4.93. The van der Waals surface area contributed by atoms with Crippen LogP contribution < -0.4 is 10.9 Å². The summed E-state index contributed by atoms with van der Waals surface area (Å²) in [6, 6.07) is 14.3. The second-order valence-corrected chi connectivity index (χ2v) is 5.34. The number of hydrogen-bond donors (Lipinski definition) is 2. The van der Waals surface area contributed by atoms with Gasteiger partial charge in [0.05, 0.1) is 10.7 Å². The zero-order valence-corrected chi connectivity index (χ0v) is 12.6. The van der Waals surface area contributed by atoms with E-state index in [1.165, 1.54) is 0 Å². The highest BCUT2D eigenvalue weighted by atomic mass is 35.5. The lowest BCUT2D eigenvalue weighted by Gasteiger charge is -2.10. The van der Waals surface area contributed by atoms with E-state index in [0.29, 0.717) is 21.8 Å². The Balaban J connectivity index is 2.08. The number of rotatable bonds is 2. The van der Waals surface area contributed by atoms with Crippen LogP contribution >= 0.6 is 11.6 Å². The van der Waals surface area contributed by atoms with Gasteiger partial charge in [-0.25, -0.2) is 0 Å². The molecule has 0 fully saturated rings. The number of amides is 1. The Bertz CT molecular complexity index is 931. The molecule has 110 valence electrons. The van der Waals surface area contributed by atoms with Crippen LogP contribution in [0.1, 0.15) is 15.9 Å². The van der Waals surface area contributed by atoms with E-state index in [0.717, 1.165) is 5.39 Å². The molecule has 0 bridgehead atoms. The van der Waals surface area contributed by atoms with Crippen molar-refractivity contribution in [3.8, 4) is 0 Å². The van der Waals surface area contributed by atoms with Crippen molar-refractivity contribution in [2.45, 2.75) is 6.92 Å². The van der Waals surface area contributed by atoms with Crippen LogP contribution in [0.5, 0.6) is 0 Å². The summed E-state index contributed by atoms with van der Waals surface area (Å²) in [4.78, 5) is 27.4. The summed E-state index contributed by atoms with van der Waals surface area (Å²) in [5.41, 5.74) is 1.50. The molecular weight excluding hydrogens is 300 g/mol. The van der Waals surface area contributed by atoms with Gasteiger partial charge in [-0.05, 0) is 30.7 Å². The van der Waals surface area contributed by atoms with Gasteiger partial charge in [-0.3, -0.25) is 9.59 Å². The minimum absolute atomic E-state index is 0.0959. The van der Waals surface area contributed by atoms with Crippen molar-refractivity contribution in [1.82, 2.24) is 4.98 Å². The number of carbonyl (C=O) groups is 1. The molecule has 5 heteroatoms. The van der Waals surface area contributed by atoms with Crippen molar-refractivity contribution in [2.75, 3.05) is 5.32 Å². The van der Waals surface area contributed by atoms with Gasteiger partial charge in [-0.1, -0.05) is 41.9 Å². The summed E-state index contributed by atoms with van der Waals surface area (Å²) in [6.07, 6.45) is 0. The number of anilines is 1. The SMILES string of the molecule is Cc1c(C(=O)Nc2ccccc2Cl)c(=O)[nH]c2ccccc12. The van der Waals surface area contributed by atoms with E-state index in [1.807, 2.05) is 18.2 Å². The molecular formula is C17H13ClN2O2. The highest BCUT2D eigenvalue weighted by Gasteiger charge is 2.17. The van der Waals surface area contributed by atoms with Crippen molar-refractivity contribution in [3.63, 3.8) is 0 Å². The number of halogens is 1. The number of nitrogens with one attached hydrogen (secondary N) is 2. The summed E-state index contributed by atoms with van der Waals surface area (Å²) in [5.74, 6) is -0.474. The van der Waals surface area contributed by atoms with E-state index >= 15 is 0 Å². The fraction of sp³-hybridized carbons (Fsp3) is 0.0588. The molecule has 4 nitrogen and oxygen atoms in total. The number of carbonyl (C=O) groups excluding carboxylic acids is 1. The van der Waals surface area contributed by atoms with Gasteiger partial charge in [-0.2, -0.15) is 0 Å². The van der Waals surface area contributed by atoms with Gasteiger partial charge < -0.3 is 10.3 Å². The quantitative estimate of drug-likeness (QED) is 0.757. The van der Waals surface area contributed by atoms with E-state index in [2.05, 4.69) is 10.3 Å². The first-order valence-corrected chi connectivity index (χ1v) is 7.13. The number of H-pyrrole nitrogens is 1. The van der Waals surface area contributed by atoms with Crippen LogP contribution in [0.3, 0.4) is 0 Å². The average Bonchev–Trinajstić information content (AvgIpc) is 2.49. The van der Waals surface area contributed by atoms with Crippen molar-refractivity contribution in [2.24, 2.45) is 0 Å². The van der Waals surface area contributed by atoms with E-state index in [-0.39, 0.29) is 5.56 Å². The first kappa shape index (κ1) is 14.4. The second kappa shape index (κ2) is 5.66. The fourth-order valence-corrected chi connectivity index (χ4v) is 2.61. The van der Waals surface area contributed by atoms with Gasteiger partial charge in [-0.15, -0.1) is 0 Å². The van der Waals surface area contributed by atoms with Gasteiger partial charge in [0.25, 0.3) is 11.5 Å². The predicted molar refractivity (Wildman–Crippen MR) is 88.7 cm³/mol. The Morgan fingerprint density at radius 2 is 1.77 bits per heavy atom. The molecule has 0 unspecified atom stereocenters. The number of para-hydroxylation sites is 2. The summed E-state index contributed by atoms with van der Waals surface area (Å²) in [7, 11) is 0. The minimum Gasteiger partial charge on any atom is -0.321 e. The first-order valence-electron chi connectivity index (χ1n) is 6.75. The lowest BCUT2D eigenvalue weighted by molar-refractivity contribution is 0.102. The van der Waals surface area contributed by atoms with Crippen molar-refractivity contribution in [1.29, 1.82) is 0 Å². The first-order chi connectivity index (χ1) is 10.6. The summed E-state index contributed by atoms with van der Waals surface area (Å²) < 4.78 is 0. The molecule has 0 spiro atoms. The van der Waals surface area contributed by atoms with E-state index in [1.54, 1.807) is 37.3 Å². The maximum atomic E-state index is 12.5. The van der Waals surface area contributed by atoms with E-state index in [9.17, 15) is 9.59 Å². The number of aromatic amines is 1. The molecule has 0 radical (unpaired) electrons. The third-order valence-corrected chi connectivity index (χ3v) is 3.86. The van der Waals surface area contributed by atoms with Crippen LogP contribution in [0.2, 0.25) is 5.02 Å².